The van der Waals surface area contributed by atoms with Crippen LogP contribution in [-0.2, 0) is 16.3 Å². The number of fused-ring (bicyclic) bond motifs is 3. The lowest BCUT2D eigenvalue weighted by Gasteiger charge is -2.34. The highest BCUT2D eigenvalue weighted by molar-refractivity contribution is 7.90. The molecule has 0 aromatic heterocycles. The number of nitrogens with one attached hydrogen (secondary N) is 1. The van der Waals surface area contributed by atoms with Crippen LogP contribution in [0.4, 0.5) is 4.79 Å². The summed E-state index contributed by atoms with van der Waals surface area (Å²) in [5.74, 6) is 0.996. The number of hydrogen-bond donors (Lipinski definition) is 1. The smallest absolute Gasteiger partial charge is 0.410 e. The Balaban J connectivity index is 1.21. The molecular weight excluding hydrogens is 490 g/mol. The van der Waals surface area contributed by atoms with Gasteiger partial charge in [-0.1, -0.05) is 18.6 Å². The van der Waals surface area contributed by atoms with E-state index >= 15 is 0 Å². The van der Waals surface area contributed by atoms with Gasteiger partial charge in [-0.15, -0.1) is 0 Å². The summed E-state index contributed by atoms with van der Waals surface area (Å²) in [5, 5.41) is 2.93. The quantitative estimate of drug-likeness (QED) is 0.498. The van der Waals surface area contributed by atoms with E-state index in [0.29, 0.717) is 29.8 Å². The maximum Gasteiger partial charge on any atom is 0.414 e. The molecule has 1 fully saturated rings. The van der Waals surface area contributed by atoms with Crippen molar-refractivity contribution in [2.24, 2.45) is 0 Å². The van der Waals surface area contributed by atoms with Crippen molar-refractivity contribution >= 4 is 21.8 Å². The molecule has 1 aliphatic carbocycles. The fourth-order valence-electron chi connectivity index (χ4n) is 5.49. The van der Waals surface area contributed by atoms with Crippen molar-refractivity contribution in [3.63, 3.8) is 0 Å². The van der Waals surface area contributed by atoms with Crippen LogP contribution in [0.1, 0.15) is 59.5 Å². The molecule has 0 saturated carbocycles. The standard InChI is InChI=1S/C28H37N3O5S/c1-30(2)28(33)36-26-9-7-8-22-23-16-19-31(25(23)15-14-24(22)26)18-6-4-5-17-29-27(32)20-10-12-21(13-11-20)37(3,34)35/h7-13,23,25H,4-6,14-19H2,1-3H3,(H,29,32)/t23-,25+/m0/s1. The molecule has 2 aromatic carbocycles. The Kier molecular flexibility index (Phi) is 8.54. The molecule has 1 saturated heterocycles. The predicted octanol–water partition coefficient (Wildman–Crippen LogP) is 3.85. The molecule has 4 rings (SSSR count). The first kappa shape index (κ1) is 27.1. The molecule has 2 atom stereocenters. The highest BCUT2D eigenvalue weighted by Crippen LogP contribution is 2.44. The number of amides is 2. The SMILES string of the molecule is CN(C)C(=O)Oc1cccc2c1CC[C@@H]1[C@H]2CCN1CCCCCNC(=O)c1ccc(S(C)(=O)=O)cc1. The van der Waals surface area contributed by atoms with Crippen molar-refractivity contribution in [1.82, 2.24) is 15.1 Å². The van der Waals surface area contributed by atoms with E-state index in [0.717, 1.165) is 57.9 Å². The maximum absolute atomic E-state index is 12.3. The van der Waals surface area contributed by atoms with Crippen LogP contribution in [0.2, 0.25) is 0 Å². The summed E-state index contributed by atoms with van der Waals surface area (Å²) in [7, 11) is 0.118. The second kappa shape index (κ2) is 11.6. The Bertz CT molecular complexity index is 1230. The molecule has 0 unspecified atom stereocenters. The topological polar surface area (TPSA) is 96.0 Å². The molecule has 2 aliphatic rings. The number of hydrogen-bond acceptors (Lipinski definition) is 6. The molecule has 37 heavy (non-hydrogen) atoms. The number of ether oxygens (including phenoxy) is 1. The minimum Gasteiger partial charge on any atom is -0.410 e. The van der Waals surface area contributed by atoms with Crippen molar-refractivity contribution in [1.29, 1.82) is 0 Å². The van der Waals surface area contributed by atoms with Crippen molar-refractivity contribution in [2.45, 2.75) is 55.4 Å². The number of carbonyl (C=O) groups excluding carboxylic acids is 2. The summed E-state index contributed by atoms with van der Waals surface area (Å²) in [6.45, 7) is 2.73. The summed E-state index contributed by atoms with van der Waals surface area (Å²) in [6.07, 6.45) is 6.93. The number of sulfone groups is 1. The van der Waals surface area contributed by atoms with Crippen LogP contribution >= 0.6 is 0 Å². The zero-order chi connectivity index (χ0) is 26.6. The van der Waals surface area contributed by atoms with Gasteiger partial charge in [-0.05, 0) is 86.7 Å². The molecule has 200 valence electrons. The van der Waals surface area contributed by atoms with E-state index in [9.17, 15) is 18.0 Å². The second-order valence-electron chi connectivity index (χ2n) is 10.2. The lowest BCUT2D eigenvalue weighted by Crippen LogP contribution is -2.36. The minimum atomic E-state index is -3.27. The fraction of sp³-hybridized carbons (Fsp3) is 0.500. The van der Waals surface area contributed by atoms with E-state index in [1.165, 1.54) is 28.2 Å². The van der Waals surface area contributed by atoms with Gasteiger partial charge in [-0.3, -0.25) is 9.69 Å². The zero-order valence-electron chi connectivity index (χ0n) is 21.9. The average molecular weight is 528 g/mol. The number of unbranched alkanes of at least 4 members (excludes halogenated alkanes) is 2. The lowest BCUT2D eigenvalue weighted by molar-refractivity contribution is 0.0952. The van der Waals surface area contributed by atoms with Crippen molar-refractivity contribution in [3.8, 4) is 5.75 Å². The highest BCUT2D eigenvalue weighted by atomic mass is 32.2. The van der Waals surface area contributed by atoms with Crippen LogP contribution in [0.15, 0.2) is 47.4 Å². The van der Waals surface area contributed by atoms with E-state index in [1.54, 1.807) is 26.2 Å². The van der Waals surface area contributed by atoms with Gasteiger partial charge in [0.1, 0.15) is 5.75 Å². The Morgan fingerprint density at radius 1 is 1.05 bits per heavy atom. The van der Waals surface area contributed by atoms with Gasteiger partial charge in [-0.2, -0.15) is 0 Å². The van der Waals surface area contributed by atoms with Gasteiger partial charge in [0, 0.05) is 44.4 Å². The summed E-state index contributed by atoms with van der Waals surface area (Å²) < 4.78 is 28.8. The van der Waals surface area contributed by atoms with Crippen LogP contribution in [0, 0.1) is 0 Å². The summed E-state index contributed by atoms with van der Waals surface area (Å²) in [6, 6.07) is 12.7. The molecule has 2 amide bonds. The largest absolute Gasteiger partial charge is 0.414 e. The normalized spacial score (nSPS) is 19.1. The van der Waals surface area contributed by atoms with E-state index in [4.69, 9.17) is 4.74 Å². The Hall–Kier alpha value is -2.91. The number of rotatable bonds is 9. The van der Waals surface area contributed by atoms with Crippen LogP contribution < -0.4 is 10.1 Å². The summed E-state index contributed by atoms with van der Waals surface area (Å²) in [4.78, 5) is 28.7. The first-order valence-corrected chi connectivity index (χ1v) is 14.9. The molecule has 2 aromatic rings. The predicted molar refractivity (Wildman–Crippen MR) is 143 cm³/mol. The summed E-state index contributed by atoms with van der Waals surface area (Å²) >= 11 is 0. The van der Waals surface area contributed by atoms with Gasteiger partial charge in [0.05, 0.1) is 4.90 Å². The van der Waals surface area contributed by atoms with Crippen molar-refractivity contribution < 1.29 is 22.7 Å². The number of carbonyl (C=O) groups is 2. The van der Waals surface area contributed by atoms with Crippen LogP contribution in [0.5, 0.6) is 5.75 Å². The van der Waals surface area contributed by atoms with Gasteiger partial charge < -0.3 is 15.0 Å². The second-order valence-corrected chi connectivity index (χ2v) is 12.3. The molecule has 9 heteroatoms. The molecular formula is C28H37N3O5S. The van der Waals surface area contributed by atoms with Gasteiger partial charge in [0.25, 0.3) is 5.91 Å². The van der Waals surface area contributed by atoms with Gasteiger partial charge >= 0.3 is 6.09 Å². The zero-order valence-corrected chi connectivity index (χ0v) is 22.7. The monoisotopic (exact) mass is 527 g/mol. The van der Waals surface area contributed by atoms with E-state index < -0.39 is 9.84 Å². The molecule has 0 bridgehead atoms. The first-order chi connectivity index (χ1) is 17.6. The Morgan fingerprint density at radius 2 is 1.81 bits per heavy atom. The highest BCUT2D eigenvalue weighted by Gasteiger charge is 2.39. The van der Waals surface area contributed by atoms with Crippen LogP contribution in [0.25, 0.3) is 0 Å². The average Bonchev–Trinajstić information content (AvgIpc) is 3.29. The van der Waals surface area contributed by atoms with E-state index in [2.05, 4.69) is 16.3 Å². The van der Waals surface area contributed by atoms with E-state index in [-0.39, 0.29) is 16.9 Å². The molecule has 1 heterocycles. The molecule has 0 spiro atoms. The summed E-state index contributed by atoms with van der Waals surface area (Å²) in [5.41, 5.74) is 2.98. The maximum atomic E-state index is 12.3. The minimum absolute atomic E-state index is 0.182. The van der Waals surface area contributed by atoms with E-state index in [1.807, 2.05) is 12.1 Å². The third-order valence-electron chi connectivity index (χ3n) is 7.43. The Morgan fingerprint density at radius 3 is 2.51 bits per heavy atom. The van der Waals surface area contributed by atoms with Crippen LogP contribution in [0.3, 0.4) is 0 Å². The van der Waals surface area contributed by atoms with Crippen molar-refractivity contribution in [3.05, 3.63) is 59.2 Å². The first-order valence-electron chi connectivity index (χ1n) is 13.0. The van der Waals surface area contributed by atoms with Crippen LogP contribution in [-0.4, -0.2) is 76.2 Å². The Labute approximate surface area is 219 Å². The number of nitrogens with zero attached hydrogens (tertiary/aromatic N) is 2. The fourth-order valence-corrected chi connectivity index (χ4v) is 6.12. The number of likely N-dealkylation sites (tertiary alicyclic amines) is 1. The van der Waals surface area contributed by atoms with Gasteiger partial charge in [0.15, 0.2) is 9.84 Å². The molecule has 0 radical (unpaired) electrons. The number of benzene rings is 2. The third kappa shape index (κ3) is 6.51. The third-order valence-corrected chi connectivity index (χ3v) is 8.56. The molecule has 1 N–H and O–H groups in total. The van der Waals surface area contributed by atoms with Gasteiger partial charge in [-0.25, -0.2) is 13.2 Å². The molecule has 8 nitrogen and oxygen atoms in total. The molecule has 1 aliphatic heterocycles. The van der Waals surface area contributed by atoms with Gasteiger partial charge in [0.2, 0.25) is 0 Å². The van der Waals surface area contributed by atoms with Crippen molar-refractivity contribution in [2.75, 3.05) is 40.0 Å². The lowest BCUT2D eigenvalue weighted by atomic mass is 9.79.